The number of nitrogens with zero attached hydrogens (tertiary/aromatic N) is 1. The molecule has 3 rings (SSSR count). The van der Waals surface area contributed by atoms with Gasteiger partial charge in [0.05, 0.1) is 19.3 Å². The van der Waals surface area contributed by atoms with Crippen LogP contribution in [0.5, 0.6) is 11.5 Å². The van der Waals surface area contributed by atoms with Gasteiger partial charge in [-0.05, 0) is 44.0 Å². The summed E-state index contributed by atoms with van der Waals surface area (Å²) in [5.74, 6) is 1.15. The molecular formula is C17H23N3O4. The molecule has 24 heavy (non-hydrogen) atoms. The van der Waals surface area contributed by atoms with Crippen LogP contribution in [0.2, 0.25) is 0 Å². The number of fused-ring (bicyclic) bond motifs is 1. The molecule has 3 amide bonds. The first-order valence-electron chi connectivity index (χ1n) is 8.32. The molecule has 1 fully saturated rings. The third-order valence-electron chi connectivity index (χ3n) is 4.57. The molecule has 2 atom stereocenters. The lowest BCUT2D eigenvalue weighted by Crippen LogP contribution is -2.48. The molecule has 0 saturated carbocycles. The molecule has 1 aromatic rings. The van der Waals surface area contributed by atoms with Gasteiger partial charge in [0.25, 0.3) is 0 Å². The first kappa shape index (κ1) is 16.6. The summed E-state index contributed by atoms with van der Waals surface area (Å²) >= 11 is 0. The van der Waals surface area contributed by atoms with Crippen molar-refractivity contribution in [3.05, 3.63) is 23.8 Å². The highest BCUT2D eigenvalue weighted by Gasteiger charge is 2.33. The van der Waals surface area contributed by atoms with Crippen LogP contribution in [0.1, 0.15) is 37.8 Å². The maximum Gasteiger partial charge on any atom is 0.318 e. The minimum absolute atomic E-state index is 0.107. The van der Waals surface area contributed by atoms with Crippen LogP contribution < -0.4 is 20.5 Å². The SMILES string of the molecule is C[C@H](C(=O)NC(N)=O)N1CCC[C@@H]1c1ccc2c(c1)OCCCO2. The number of benzene rings is 1. The molecule has 2 aliphatic rings. The molecule has 0 aliphatic carbocycles. The van der Waals surface area contributed by atoms with Gasteiger partial charge in [0, 0.05) is 12.5 Å². The molecule has 1 aromatic carbocycles. The van der Waals surface area contributed by atoms with Crippen LogP contribution in [-0.4, -0.2) is 42.6 Å². The number of carbonyl (C=O) groups is 2. The molecule has 2 heterocycles. The number of carbonyl (C=O) groups excluding carboxylic acids is 2. The number of urea groups is 1. The Hall–Kier alpha value is -2.28. The Morgan fingerprint density at radius 3 is 2.75 bits per heavy atom. The van der Waals surface area contributed by atoms with Crippen LogP contribution in [0, 0.1) is 0 Å². The van der Waals surface area contributed by atoms with E-state index in [2.05, 4.69) is 10.2 Å². The standard InChI is InChI=1S/C17H23N3O4/c1-11(16(21)19-17(18)22)20-7-2-4-13(20)12-5-6-14-15(10-12)24-9-3-8-23-14/h5-6,10-11,13H,2-4,7-9H2,1H3,(H3,18,19,21,22)/t11-,13-/m1/s1. The van der Waals surface area contributed by atoms with Gasteiger partial charge in [-0.15, -0.1) is 0 Å². The average molecular weight is 333 g/mol. The van der Waals surface area contributed by atoms with Gasteiger partial charge in [-0.3, -0.25) is 15.0 Å². The maximum absolute atomic E-state index is 12.1. The lowest BCUT2D eigenvalue weighted by atomic mass is 10.0. The topological polar surface area (TPSA) is 93.9 Å². The number of rotatable bonds is 3. The lowest BCUT2D eigenvalue weighted by molar-refractivity contribution is -0.125. The van der Waals surface area contributed by atoms with E-state index in [0.29, 0.717) is 13.2 Å². The Morgan fingerprint density at radius 2 is 2.00 bits per heavy atom. The van der Waals surface area contributed by atoms with E-state index in [0.717, 1.165) is 42.9 Å². The second-order valence-corrected chi connectivity index (χ2v) is 6.18. The smallest absolute Gasteiger partial charge is 0.318 e. The number of likely N-dealkylation sites (tertiary alicyclic amines) is 1. The molecule has 7 nitrogen and oxygen atoms in total. The molecule has 0 unspecified atom stereocenters. The van der Waals surface area contributed by atoms with Gasteiger partial charge >= 0.3 is 6.03 Å². The van der Waals surface area contributed by atoms with Gasteiger partial charge in [-0.25, -0.2) is 4.79 Å². The molecule has 0 bridgehead atoms. The number of nitrogens with two attached hydrogens (primary N) is 1. The Bertz CT molecular complexity index is 634. The summed E-state index contributed by atoms with van der Waals surface area (Å²) in [6, 6.07) is 4.81. The van der Waals surface area contributed by atoms with E-state index in [4.69, 9.17) is 15.2 Å². The fourth-order valence-corrected chi connectivity index (χ4v) is 3.37. The van der Waals surface area contributed by atoms with Crippen molar-refractivity contribution < 1.29 is 19.1 Å². The van der Waals surface area contributed by atoms with Gasteiger partial charge in [0.2, 0.25) is 5.91 Å². The lowest BCUT2D eigenvalue weighted by Gasteiger charge is -2.30. The third-order valence-corrected chi connectivity index (χ3v) is 4.57. The van der Waals surface area contributed by atoms with Crippen molar-refractivity contribution in [2.75, 3.05) is 19.8 Å². The van der Waals surface area contributed by atoms with E-state index < -0.39 is 12.1 Å². The number of nitrogens with one attached hydrogen (secondary N) is 1. The Balaban J connectivity index is 1.79. The molecule has 3 N–H and O–H groups in total. The molecule has 130 valence electrons. The van der Waals surface area contributed by atoms with Crippen molar-refractivity contribution in [2.24, 2.45) is 5.73 Å². The molecule has 7 heteroatoms. The van der Waals surface area contributed by atoms with Gasteiger partial charge in [-0.2, -0.15) is 0 Å². The number of hydrogen-bond acceptors (Lipinski definition) is 5. The minimum Gasteiger partial charge on any atom is -0.490 e. The third kappa shape index (κ3) is 3.46. The molecule has 1 saturated heterocycles. The minimum atomic E-state index is -0.821. The first-order chi connectivity index (χ1) is 11.6. The highest BCUT2D eigenvalue weighted by molar-refractivity contribution is 5.96. The van der Waals surface area contributed by atoms with E-state index in [1.807, 2.05) is 18.2 Å². The van der Waals surface area contributed by atoms with Crippen LogP contribution >= 0.6 is 0 Å². The van der Waals surface area contributed by atoms with E-state index in [-0.39, 0.29) is 11.9 Å². The summed E-state index contributed by atoms with van der Waals surface area (Å²) in [4.78, 5) is 25.1. The summed E-state index contributed by atoms with van der Waals surface area (Å²) in [5, 5.41) is 2.16. The van der Waals surface area contributed by atoms with E-state index in [9.17, 15) is 9.59 Å². The van der Waals surface area contributed by atoms with Crippen LogP contribution in [0.4, 0.5) is 4.79 Å². The zero-order valence-corrected chi connectivity index (χ0v) is 13.8. The van der Waals surface area contributed by atoms with Crippen LogP contribution in [-0.2, 0) is 4.79 Å². The zero-order chi connectivity index (χ0) is 17.1. The Kier molecular flexibility index (Phi) is 4.89. The predicted octanol–water partition coefficient (Wildman–Crippen LogP) is 1.57. The fraction of sp³-hybridized carbons (Fsp3) is 0.529. The predicted molar refractivity (Wildman–Crippen MR) is 87.9 cm³/mol. The quantitative estimate of drug-likeness (QED) is 0.875. The second kappa shape index (κ2) is 7.09. The molecule has 0 spiro atoms. The van der Waals surface area contributed by atoms with Crippen molar-refractivity contribution in [3.63, 3.8) is 0 Å². The average Bonchev–Trinajstić information content (AvgIpc) is 2.92. The van der Waals surface area contributed by atoms with Crippen LogP contribution in [0.3, 0.4) is 0 Å². The van der Waals surface area contributed by atoms with Crippen molar-refractivity contribution in [2.45, 2.75) is 38.3 Å². The molecule has 2 aliphatic heterocycles. The van der Waals surface area contributed by atoms with Gasteiger partial charge < -0.3 is 15.2 Å². The highest BCUT2D eigenvalue weighted by atomic mass is 16.5. The second-order valence-electron chi connectivity index (χ2n) is 6.18. The Morgan fingerprint density at radius 1 is 1.25 bits per heavy atom. The van der Waals surface area contributed by atoms with E-state index in [1.165, 1.54) is 0 Å². The summed E-state index contributed by atoms with van der Waals surface area (Å²) < 4.78 is 11.4. The monoisotopic (exact) mass is 333 g/mol. The molecule has 0 aromatic heterocycles. The molecular weight excluding hydrogens is 310 g/mol. The highest BCUT2D eigenvalue weighted by Crippen LogP contribution is 2.38. The van der Waals surface area contributed by atoms with Crippen LogP contribution in [0.25, 0.3) is 0 Å². The summed E-state index contributed by atoms with van der Waals surface area (Å²) in [5.41, 5.74) is 6.14. The van der Waals surface area contributed by atoms with Crippen molar-refractivity contribution in [1.29, 1.82) is 0 Å². The first-order valence-corrected chi connectivity index (χ1v) is 8.32. The number of ether oxygens (including phenoxy) is 2. The normalized spacial score (nSPS) is 21.8. The maximum atomic E-state index is 12.1. The summed E-state index contributed by atoms with van der Waals surface area (Å²) in [6.45, 7) is 3.89. The van der Waals surface area contributed by atoms with Gasteiger partial charge in [0.15, 0.2) is 11.5 Å². The summed E-state index contributed by atoms with van der Waals surface area (Å²) in [6.07, 6.45) is 2.81. The number of primary amides is 1. The van der Waals surface area contributed by atoms with E-state index in [1.54, 1.807) is 6.92 Å². The summed E-state index contributed by atoms with van der Waals surface area (Å²) in [7, 11) is 0. The number of amides is 3. The van der Waals surface area contributed by atoms with Gasteiger partial charge in [-0.1, -0.05) is 6.07 Å². The van der Waals surface area contributed by atoms with Gasteiger partial charge in [0.1, 0.15) is 0 Å². The van der Waals surface area contributed by atoms with Crippen molar-refractivity contribution in [3.8, 4) is 11.5 Å². The van der Waals surface area contributed by atoms with Crippen molar-refractivity contribution >= 4 is 11.9 Å². The van der Waals surface area contributed by atoms with E-state index >= 15 is 0 Å². The Labute approximate surface area is 141 Å². The number of imide groups is 1. The van der Waals surface area contributed by atoms with Crippen molar-refractivity contribution in [1.82, 2.24) is 10.2 Å². The zero-order valence-electron chi connectivity index (χ0n) is 13.8. The van der Waals surface area contributed by atoms with Crippen LogP contribution in [0.15, 0.2) is 18.2 Å². The molecule has 0 radical (unpaired) electrons. The fourth-order valence-electron chi connectivity index (χ4n) is 3.37. The largest absolute Gasteiger partial charge is 0.490 e. The number of hydrogen-bond donors (Lipinski definition) is 2.